The van der Waals surface area contributed by atoms with Gasteiger partial charge in [-0.1, -0.05) is 0 Å². The summed E-state index contributed by atoms with van der Waals surface area (Å²) in [7, 11) is 2.82. The van der Waals surface area contributed by atoms with Crippen LogP contribution in [-0.2, 0) is 20.8 Å². The first-order chi connectivity index (χ1) is 9.15. The second kappa shape index (κ2) is 6.12. The van der Waals surface area contributed by atoms with Crippen LogP contribution in [0, 0.1) is 0 Å². The molecule has 0 atom stereocenters. The Morgan fingerprint density at radius 1 is 1.47 bits per heavy atom. The van der Waals surface area contributed by atoms with Gasteiger partial charge in [-0.15, -0.1) is 11.3 Å². The maximum absolute atomic E-state index is 11.9. The molecule has 1 aliphatic carbocycles. The molecule has 1 fully saturated rings. The van der Waals surface area contributed by atoms with Crippen LogP contribution in [0.15, 0.2) is 5.38 Å². The number of amides is 1. The molecule has 0 aliphatic heterocycles. The van der Waals surface area contributed by atoms with E-state index in [9.17, 15) is 9.59 Å². The van der Waals surface area contributed by atoms with Crippen LogP contribution in [-0.4, -0.2) is 48.6 Å². The van der Waals surface area contributed by atoms with Crippen LogP contribution in [0.25, 0.3) is 0 Å². The van der Waals surface area contributed by atoms with E-state index in [4.69, 9.17) is 4.74 Å². The van der Waals surface area contributed by atoms with Crippen molar-refractivity contribution in [2.24, 2.45) is 0 Å². The smallest absolute Gasteiger partial charge is 0.357 e. The molecule has 1 aliphatic rings. The van der Waals surface area contributed by atoms with Gasteiger partial charge in [-0.2, -0.15) is 0 Å². The summed E-state index contributed by atoms with van der Waals surface area (Å²) in [6, 6.07) is 0.285. The standard InChI is InChI=1S/C12H16N2O4S/c1-17-6-11(15)14(8-3-4-8)5-10-13-9(7-19-10)12(16)18-2/h7-8H,3-6H2,1-2H3. The largest absolute Gasteiger partial charge is 0.464 e. The normalized spacial score (nSPS) is 14.2. The van der Waals surface area contributed by atoms with E-state index in [1.165, 1.54) is 25.6 Å². The van der Waals surface area contributed by atoms with E-state index in [-0.39, 0.29) is 24.2 Å². The van der Waals surface area contributed by atoms with Gasteiger partial charge in [-0.25, -0.2) is 9.78 Å². The average Bonchev–Trinajstić information content (AvgIpc) is 3.14. The summed E-state index contributed by atoms with van der Waals surface area (Å²) in [4.78, 5) is 29.2. The van der Waals surface area contributed by atoms with Crippen LogP contribution in [0.1, 0.15) is 28.3 Å². The van der Waals surface area contributed by atoms with Crippen LogP contribution in [0.5, 0.6) is 0 Å². The van der Waals surface area contributed by atoms with Gasteiger partial charge in [-0.05, 0) is 12.8 Å². The first-order valence-electron chi connectivity index (χ1n) is 5.96. The lowest BCUT2D eigenvalue weighted by Crippen LogP contribution is -2.35. The van der Waals surface area contributed by atoms with Crippen LogP contribution in [0.4, 0.5) is 0 Å². The summed E-state index contributed by atoms with van der Waals surface area (Å²) >= 11 is 1.36. The molecule has 1 amide bonds. The molecule has 0 bridgehead atoms. The van der Waals surface area contributed by atoms with E-state index in [0.29, 0.717) is 6.54 Å². The summed E-state index contributed by atoms with van der Waals surface area (Å²) in [5, 5.41) is 2.38. The number of esters is 1. The molecule has 0 spiro atoms. The van der Waals surface area contributed by atoms with Gasteiger partial charge >= 0.3 is 5.97 Å². The number of thiazole rings is 1. The fourth-order valence-electron chi connectivity index (χ4n) is 1.74. The second-order valence-electron chi connectivity index (χ2n) is 4.30. The Balaban J connectivity index is 2.02. The molecule has 19 heavy (non-hydrogen) atoms. The highest BCUT2D eigenvalue weighted by molar-refractivity contribution is 7.09. The third kappa shape index (κ3) is 3.51. The van der Waals surface area contributed by atoms with Gasteiger partial charge in [-0.3, -0.25) is 4.79 Å². The lowest BCUT2D eigenvalue weighted by atomic mass is 10.4. The Kier molecular flexibility index (Phi) is 4.49. The quantitative estimate of drug-likeness (QED) is 0.731. The molecule has 2 rings (SSSR count). The topological polar surface area (TPSA) is 68.7 Å². The predicted molar refractivity (Wildman–Crippen MR) is 68.9 cm³/mol. The zero-order valence-electron chi connectivity index (χ0n) is 10.9. The monoisotopic (exact) mass is 284 g/mol. The van der Waals surface area contributed by atoms with E-state index in [1.807, 2.05) is 0 Å². The molecule has 1 aromatic rings. The number of hydrogen-bond acceptors (Lipinski definition) is 6. The van der Waals surface area contributed by atoms with Gasteiger partial charge in [0.1, 0.15) is 11.6 Å². The van der Waals surface area contributed by atoms with Crippen LogP contribution >= 0.6 is 11.3 Å². The maximum atomic E-state index is 11.9. The Labute approximate surface area is 115 Å². The number of carbonyl (C=O) groups is 2. The number of carbonyl (C=O) groups excluding carboxylic acids is 2. The summed E-state index contributed by atoms with van der Waals surface area (Å²) < 4.78 is 9.48. The number of ether oxygens (including phenoxy) is 2. The van der Waals surface area contributed by atoms with Crippen molar-refractivity contribution in [3.8, 4) is 0 Å². The molecule has 0 unspecified atom stereocenters. The number of nitrogens with zero attached hydrogens (tertiary/aromatic N) is 2. The molecule has 0 radical (unpaired) electrons. The molecule has 7 heteroatoms. The third-order valence-corrected chi connectivity index (χ3v) is 3.66. The molecule has 104 valence electrons. The van der Waals surface area contributed by atoms with E-state index < -0.39 is 5.97 Å². The Morgan fingerprint density at radius 3 is 2.79 bits per heavy atom. The minimum atomic E-state index is -0.455. The lowest BCUT2D eigenvalue weighted by Gasteiger charge is -2.20. The van der Waals surface area contributed by atoms with Crippen molar-refractivity contribution in [2.45, 2.75) is 25.4 Å². The van der Waals surface area contributed by atoms with Crippen LogP contribution in [0.2, 0.25) is 0 Å². The van der Waals surface area contributed by atoms with Gasteiger partial charge in [0, 0.05) is 18.5 Å². The Morgan fingerprint density at radius 2 is 2.21 bits per heavy atom. The average molecular weight is 284 g/mol. The van der Waals surface area contributed by atoms with Gasteiger partial charge in [0.15, 0.2) is 5.69 Å². The van der Waals surface area contributed by atoms with E-state index in [1.54, 1.807) is 10.3 Å². The van der Waals surface area contributed by atoms with E-state index in [0.717, 1.165) is 17.8 Å². The van der Waals surface area contributed by atoms with E-state index in [2.05, 4.69) is 9.72 Å². The highest BCUT2D eigenvalue weighted by atomic mass is 32.1. The molecule has 6 nitrogen and oxygen atoms in total. The lowest BCUT2D eigenvalue weighted by molar-refractivity contribution is -0.136. The molecule has 1 heterocycles. The molecular weight excluding hydrogens is 268 g/mol. The molecule has 0 aromatic carbocycles. The number of hydrogen-bond donors (Lipinski definition) is 0. The molecular formula is C12H16N2O4S. The highest BCUT2D eigenvalue weighted by Gasteiger charge is 2.33. The van der Waals surface area contributed by atoms with E-state index >= 15 is 0 Å². The maximum Gasteiger partial charge on any atom is 0.357 e. The fourth-order valence-corrected chi connectivity index (χ4v) is 2.50. The zero-order chi connectivity index (χ0) is 13.8. The van der Waals surface area contributed by atoms with Crippen molar-refractivity contribution < 1.29 is 19.1 Å². The van der Waals surface area contributed by atoms with Crippen molar-refractivity contribution in [3.05, 3.63) is 16.1 Å². The Bertz CT molecular complexity index is 470. The minimum Gasteiger partial charge on any atom is -0.464 e. The number of methoxy groups -OCH3 is 2. The number of aromatic nitrogens is 1. The first-order valence-corrected chi connectivity index (χ1v) is 6.84. The van der Waals surface area contributed by atoms with Gasteiger partial charge in [0.2, 0.25) is 5.91 Å². The SMILES string of the molecule is COCC(=O)N(Cc1nc(C(=O)OC)cs1)C1CC1. The summed E-state index contributed by atoms with van der Waals surface area (Å²) in [6.07, 6.45) is 2.04. The first kappa shape index (κ1) is 14.0. The van der Waals surface area contributed by atoms with Crippen molar-refractivity contribution >= 4 is 23.2 Å². The third-order valence-electron chi connectivity index (χ3n) is 2.83. The van der Waals surface area contributed by atoms with Crippen molar-refractivity contribution in [1.82, 2.24) is 9.88 Å². The van der Waals surface area contributed by atoms with Crippen molar-refractivity contribution in [2.75, 3.05) is 20.8 Å². The van der Waals surface area contributed by atoms with Crippen LogP contribution < -0.4 is 0 Å². The number of rotatable bonds is 6. The summed E-state index contributed by atoms with van der Waals surface area (Å²) in [6.45, 7) is 0.500. The molecule has 0 N–H and O–H groups in total. The predicted octanol–water partition coefficient (Wildman–Crippen LogP) is 1.07. The van der Waals surface area contributed by atoms with Crippen molar-refractivity contribution in [3.63, 3.8) is 0 Å². The summed E-state index contributed by atoms with van der Waals surface area (Å²) in [5.74, 6) is -0.497. The van der Waals surface area contributed by atoms with Crippen LogP contribution in [0.3, 0.4) is 0 Å². The Hall–Kier alpha value is -1.47. The fraction of sp³-hybridized carbons (Fsp3) is 0.583. The van der Waals surface area contributed by atoms with Gasteiger partial charge in [0.05, 0.1) is 13.7 Å². The highest BCUT2D eigenvalue weighted by Crippen LogP contribution is 2.29. The molecule has 1 aromatic heterocycles. The summed E-state index contributed by atoms with van der Waals surface area (Å²) in [5.41, 5.74) is 0.289. The second-order valence-corrected chi connectivity index (χ2v) is 5.25. The molecule has 0 saturated heterocycles. The minimum absolute atomic E-state index is 0.0418. The van der Waals surface area contributed by atoms with Gasteiger partial charge < -0.3 is 14.4 Å². The van der Waals surface area contributed by atoms with Crippen molar-refractivity contribution in [1.29, 1.82) is 0 Å². The zero-order valence-corrected chi connectivity index (χ0v) is 11.7. The molecule has 1 saturated carbocycles. The van der Waals surface area contributed by atoms with Gasteiger partial charge in [0.25, 0.3) is 0 Å².